The third kappa shape index (κ3) is 2.03. The quantitative estimate of drug-likeness (QED) is 0.826. The Labute approximate surface area is 116 Å². The van der Waals surface area contributed by atoms with Crippen LogP contribution in [0.15, 0.2) is 24.5 Å². The highest BCUT2D eigenvalue weighted by atomic mass is 16.2. The minimum Gasteiger partial charge on any atom is -0.376 e. The van der Waals surface area contributed by atoms with Crippen LogP contribution in [0.2, 0.25) is 0 Å². The second-order valence-electron chi connectivity index (χ2n) is 5.22. The molecule has 3 rings (SSSR count). The smallest absolute Gasteiger partial charge is 0.234 e. The number of nitrogens with zero attached hydrogens (tertiary/aromatic N) is 3. The van der Waals surface area contributed by atoms with Crippen LogP contribution in [0.25, 0.3) is 5.52 Å². The normalized spacial score (nSPS) is 19.2. The van der Waals surface area contributed by atoms with E-state index in [4.69, 9.17) is 0 Å². The molecule has 1 unspecified atom stereocenters. The van der Waals surface area contributed by atoms with Crippen LogP contribution in [0.3, 0.4) is 0 Å². The first-order valence-electron chi connectivity index (χ1n) is 6.54. The lowest BCUT2D eigenvalue weighted by atomic mass is 9.91. The van der Waals surface area contributed by atoms with Crippen molar-refractivity contribution in [1.29, 1.82) is 0 Å². The third-order valence-electron chi connectivity index (χ3n) is 3.66. The van der Waals surface area contributed by atoms with Gasteiger partial charge in [0.15, 0.2) is 0 Å². The molecule has 1 saturated heterocycles. The van der Waals surface area contributed by atoms with Crippen LogP contribution >= 0.6 is 0 Å². The number of carbonyl (C=O) groups is 2. The lowest BCUT2D eigenvalue weighted by molar-refractivity contribution is -0.134. The molecule has 0 aliphatic carbocycles. The van der Waals surface area contributed by atoms with Gasteiger partial charge in [0.1, 0.15) is 0 Å². The molecule has 1 atom stereocenters. The number of fused-ring (bicyclic) bond motifs is 1. The second kappa shape index (κ2) is 4.63. The lowest BCUT2D eigenvalue weighted by Gasteiger charge is -2.20. The summed E-state index contributed by atoms with van der Waals surface area (Å²) < 4.78 is 1.77. The Morgan fingerprint density at radius 1 is 1.35 bits per heavy atom. The monoisotopic (exact) mass is 272 g/mol. The van der Waals surface area contributed by atoms with Crippen LogP contribution in [0, 0.1) is 0 Å². The number of nitrogens with one attached hydrogen (secondary N) is 1. The van der Waals surface area contributed by atoms with Gasteiger partial charge in [-0.3, -0.25) is 14.9 Å². The third-order valence-corrected chi connectivity index (χ3v) is 3.66. The van der Waals surface area contributed by atoms with Crippen molar-refractivity contribution >= 4 is 23.0 Å². The van der Waals surface area contributed by atoms with E-state index in [0.29, 0.717) is 12.8 Å². The molecular weight excluding hydrogens is 256 g/mol. The van der Waals surface area contributed by atoms with Gasteiger partial charge in [0.2, 0.25) is 11.8 Å². The first kappa shape index (κ1) is 12.7. The zero-order chi connectivity index (χ0) is 14.3. The van der Waals surface area contributed by atoms with Gasteiger partial charge >= 0.3 is 0 Å². The zero-order valence-corrected chi connectivity index (χ0v) is 11.5. The highest BCUT2D eigenvalue weighted by Gasteiger charge is 2.30. The predicted molar refractivity (Wildman–Crippen MR) is 74.6 cm³/mol. The average Bonchev–Trinajstić information content (AvgIpc) is 2.81. The molecule has 20 heavy (non-hydrogen) atoms. The highest BCUT2D eigenvalue weighted by molar-refractivity contribution is 6.01. The molecule has 0 aromatic carbocycles. The molecule has 1 aliphatic heterocycles. The van der Waals surface area contributed by atoms with Crippen molar-refractivity contribution in [3.05, 3.63) is 30.1 Å². The van der Waals surface area contributed by atoms with Crippen LogP contribution in [-0.4, -0.2) is 35.5 Å². The van der Waals surface area contributed by atoms with E-state index in [0.717, 1.165) is 16.8 Å². The van der Waals surface area contributed by atoms with E-state index in [1.165, 1.54) is 0 Å². The van der Waals surface area contributed by atoms with Crippen LogP contribution in [0.4, 0.5) is 5.69 Å². The van der Waals surface area contributed by atoms with E-state index in [1.54, 1.807) is 10.7 Å². The van der Waals surface area contributed by atoms with E-state index < -0.39 is 0 Å². The first-order valence-corrected chi connectivity index (χ1v) is 6.54. The topological polar surface area (TPSA) is 66.7 Å². The number of rotatable bonds is 2. The number of imide groups is 1. The van der Waals surface area contributed by atoms with Crippen molar-refractivity contribution in [3.63, 3.8) is 0 Å². The fourth-order valence-electron chi connectivity index (χ4n) is 2.52. The number of carbonyl (C=O) groups excluding carboxylic acids is 2. The Morgan fingerprint density at radius 2 is 2.15 bits per heavy atom. The lowest BCUT2D eigenvalue weighted by Crippen LogP contribution is -2.39. The molecular formula is C14H16N4O2. The summed E-state index contributed by atoms with van der Waals surface area (Å²) in [6.45, 7) is 0. The van der Waals surface area contributed by atoms with Crippen molar-refractivity contribution in [2.24, 2.45) is 0 Å². The van der Waals surface area contributed by atoms with Crippen molar-refractivity contribution in [2.75, 3.05) is 19.0 Å². The van der Waals surface area contributed by atoms with Gasteiger partial charge in [-0.2, -0.15) is 5.10 Å². The zero-order valence-electron chi connectivity index (χ0n) is 11.5. The molecule has 104 valence electrons. The summed E-state index contributed by atoms with van der Waals surface area (Å²) >= 11 is 0. The maximum Gasteiger partial charge on any atom is 0.234 e. The van der Waals surface area contributed by atoms with Crippen LogP contribution in [0.1, 0.15) is 24.3 Å². The summed E-state index contributed by atoms with van der Waals surface area (Å²) in [6, 6.07) is 3.95. The Kier molecular flexibility index (Phi) is 2.93. The first-order chi connectivity index (χ1) is 9.56. The van der Waals surface area contributed by atoms with E-state index in [1.807, 2.05) is 37.3 Å². The van der Waals surface area contributed by atoms with Gasteiger partial charge in [-0.1, -0.05) is 0 Å². The molecule has 6 heteroatoms. The molecule has 1 fully saturated rings. The number of hydrogen-bond acceptors (Lipinski definition) is 4. The fourth-order valence-corrected chi connectivity index (χ4v) is 2.52. The Bertz CT molecular complexity index is 690. The summed E-state index contributed by atoms with van der Waals surface area (Å²) in [5, 5.41) is 6.70. The summed E-state index contributed by atoms with van der Waals surface area (Å²) in [6.07, 6.45) is 4.56. The maximum absolute atomic E-state index is 11.9. The molecule has 1 N–H and O–H groups in total. The minimum absolute atomic E-state index is 0.197. The van der Waals surface area contributed by atoms with E-state index >= 15 is 0 Å². The van der Waals surface area contributed by atoms with Gasteiger partial charge in [-0.15, -0.1) is 0 Å². The van der Waals surface area contributed by atoms with Crippen molar-refractivity contribution < 1.29 is 9.59 Å². The number of piperidine rings is 1. The summed E-state index contributed by atoms with van der Waals surface area (Å²) in [7, 11) is 3.93. The summed E-state index contributed by atoms with van der Waals surface area (Å²) in [4.78, 5) is 25.2. The van der Waals surface area contributed by atoms with Gasteiger partial charge in [-0.05, 0) is 18.6 Å². The molecule has 0 spiro atoms. The standard InChI is InChI=1S/C14H16N4O2/c1-17(2)9-3-5-12-11(7-15-18(12)8-9)10-4-6-13(19)16-14(10)20/h3,5,7-8,10H,4,6H2,1-2H3,(H,16,19,20). The predicted octanol–water partition coefficient (Wildman–Crippen LogP) is 0.920. The number of anilines is 1. The Hall–Kier alpha value is -2.37. The van der Waals surface area contributed by atoms with Gasteiger partial charge in [0, 0.05) is 26.1 Å². The molecule has 3 heterocycles. The van der Waals surface area contributed by atoms with Crippen molar-refractivity contribution in [3.8, 4) is 0 Å². The summed E-state index contributed by atoms with van der Waals surface area (Å²) in [5.74, 6) is -0.721. The molecule has 0 radical (unpaired) electrons. The second-order valence-corrected chi connectivity index (χ2v) is 5.22. The maximum atomic E-state index is 11.9. The van der Waals surface area contributed by atoms with Gasteiger partial charge in [-0.25, -0.2) is 4.52 Å². The van der Waals surface area contributed by atoms with E-state index in [2.05, 4.69) is 10.4 Å². The number of amides is 2. The van der Waals surface area contributed by atoms with Gasteiger partial charge in [0.05, 0.1) is 29.5 Å². The Morgan fingerprint density at radius 3 is 2.85 bits per heavy atom. The molecule has 1 aliphatic rings. The largest absolute Gasteiger partial charge is 0.376 e. The van der Waals surface area contributed by atoms with Crippen LogP contribution in [0.5, 0.6) is 0 Å². The SMILES string of the molecule is CN(C)c1ccc2c(C3CCC(=O)NC3=O)cnn2c1. The minimum atomic E-state index is -0.296. The highest BCUT2D eigenvalue weighted by Crippen LogP contribution is 2.28. The molecule has 2 aromatic heterocycles. The number of pyridine rings is 1. The Balaban J connectivity index is 2.00. The van der Waals surface area contributed by atoms with Gasteiger partial charge in [0.25, 0.3) is 0 Å². The van der Waals surface area contributed by atoms with Gasteiger partial charge < -0.3 is 4.90 Å². The van der Waals surface area contributed by atoms with Crippen LogP contribution < -0.4 is 10.2 Å². The fraction of sp³-hybridized carbons (Fsp3) is 0.357. The molecule has 0 bridgehead atoms. The molecule has 6 nitrogen and oxygen atoms in total. The average molecular weight is 272 g/mol. The molecule has 2 amide bonds. The van der Waals surface area contributed by atoms with E-state index in [9.17, 15) is 9.59 Å². The molecule has 0 saturated carbocycles. The van der Waals surface area contributed by atoms with Crippen LogP contribution in [-0.2, 0) is 9.59 Å². The molecule has 2 aromatic rings. The van der Waals surface area contributed by atoms with Crippen molar-refractivity contribution in [2.45, 2.75) is 18.8 Å². The van der Waals surface area contributed by atoms with E-state index in [-0.39, 0.29) is 17.7 Å². The van der Waals surface area contributed by atoms with Crippen molar-refractivity contribution in [1.82, 2.24) is 14.9 Å². The summed E-state index contributed by atoms with van der Waals surface area (Å²) in [5.41, 5.74) is 2.82. The number of hydrogen-bond donors (Lipinski definition) is 1. The number of aromatic nitrogens is 2.